The molecule has 80 valence electrons. The normalized spacial score (nSPS) is 20.5. The fraction of sp³-hybridized carbons (Fsp3) is 0.417. The zero-order valence-electron chi connectivity index (χ0n) is 8.50. The molecule has 0 aromatic heterocycles. The summed E-state index contributed by atoms with van der Waals surface area (Å²) < 4.78 is 1.19. The van der Waals surface area contributed by atoms with Crippen molar-refractivity contribution >= 4 is 28.4 Å². The second-order valence-electron chi connectivity index (χ2n) is 3.92. The summed E-state index contributed by atoms with van der Waals surface area (Å²) in [5, 5.41) is 3.24. The van der Waals surface area contributed by atoms with E-state index in [1.807, 2.05) is 18.2 Å². The lowest BCUT2D eigenvalue weighted by molar-refractivity contribution is -0.120. The van der Waals surface area contributed by atoms with Gasteiger partial charge in [0.05, 0.1) is 6.04 Å². The Morgan fingerprint density at radius 1 is 1.53 bits per heavy atom. The predicted octanol–water partition coefficient (Wildman–Crippen LogP) is 2.15. The Bertz CT molecular complexity index is 358. The first kappa shape index (κ1) is 11.1. The lowest BCUT2D eigenvalue weighted by Crippen LogP contribution is -2.31. The standard InChI is InChI=1S/C12H14INO/c13-10-4-1-3-9(7-10)8-12(15)11-5-2-6-14-11/h1,3-4,7,11,14H,2,5-6,8H2/t11-/m0/s1. The van der Waals surface area contributed by atoms with Crippen LogP contribution in [0.2, 0.25) is 0 Å². The van der Waals surface area contributed by atoms with E-state index in [0.717, 1.165) is 24.9 Å². The van der Waals surface area contributed by atoms with Crippen LogP contribution < -0.4 is 5.32 Å². The van der Waals surface area contributed by atoms with E-state index in [0.29, 0.717) is 12.2 Å². The highest BCUT2D eigenvalue weighted by atomic mass is 127. The summed E-state index contributed by atoms with van der Waals surface area (Å²) >= 11 is 2.27. The van der Waals surface area contributed by atoms with Crippen molar-refractivity contribution in [3.63, 3.8) is 0 Å². The van der Waals surface area contributed by atoms with Crippen LogP contribution in [0, 0.1) is 3.57 Å². The third-order valence-corrected chi connectivity index (χ3v) is 3.39. The molecule has 1 aliphatic heterocycles. The molecule has 0 amide bonds. The molecule has 0 aliphatic carbocycles. The van der Waals surface area contributed by atoms with Gasteiger partial charge in [0.2, 0.25) is 0 Å². The number of benzene rings is 1. The minimum atomic E-state index is 0.0999. The Morgan fingerprint density at radius 2 is 2.40 bits per heavy atom. The minimum absolute atomic E-state index is 0.0999. The average molecular weight is 315 g/mol. The summed E-state index contributed by atoms with van der Waals surface area (Å²) in [5.74, 6) is 0.328. The van der Waals surface area contributed by atoms with Gasteiger partial charge in [-0.25, -0.2) is 0 Å². The number of ketones is 1. The van der Waals surface area contributed by atoms with Gasteiger partial charge in [-0.3, -0.25) is 4.79 Å². The van der Waals surface area contributed by atoms with Crippen molar-refractivity contribution in [3.05, 3.63) is 33.4 Å². The van der Waals surface area contributed by atoms with Crippen LogP contribution >= 0.6 is 22.6 Å². The Hall–Kier alpha value is -0.420. The molecule has 0 bridgehead atoms. The molecule has 1 saturated heterocycles. The third-order valence-electron chi connectivity index (χ3n) is 2.72. The molecular weight excluding hydrogens is 301 g/mol. The lowest BCUT2D eigenvalue weighted by Gasteiger charge is -2.08. The third kappa shape index (κ3) is 3.01. The summed E-state index contributed by atoms with van der Waals surface area (Å²) in [4.78, 5) is 11.9. The number of carbonyl (C=O) groups excluding carboxylic acids is 1. The van der Waals surface area contributed by atoms with E-state index in [-0.39, 0.29) is 6.04 Å². The zero-order chi connectivity index (χ0) is 10.7. The Kier molecular flexibility index (Phi) is 3.75. The average Bonchev–Trinajstić information content (AvgIpc) is 2.70. The highest BCUT2D eigenvalue weighted by molar-refractivity contribution is 14.1. The first-order valence-electron chi connectivity index (χ1n) is 5.26. The van der Waals surface area contributed by atoms with Gasteiger partial charge in [-0.2, -0.15) is 0 Å². The van der Waals surface area contributed by atoms with Crippen LogP contribution in [-0.2, 0) is 11.2 Å². The molecule has 1 heterocycles. The second kappa shape index (κ2) is 5.07. The highest BCUT2D eigenvalue weighted by Crippen LogP contribution is 2.12. The van der Waals surface area contributed by atoms with Crippen LogP contribution in [-0.4, -0.2) is 18.4 Å². The van der Waals surface area contributed by atoms with Gasteiger partial charge >= 0.3 is 0 Å². The Morgan fingerprint density at radius 3 is 3.07 bits per heavy atom. The van der Waals surface area contributed by atoms with E-state index in [1.165, 1.54) is 3.57 Å². The smallest absolute Gasteiger partial charge is 0.154 e. The molecule has 15 heavy (non-hydrogen) atoms. The highest BCUT2D eigenvalue weighted by Gasteiger charge is 2.21. The fourth-order valence-electron chi connectivity index (χ4n) is 1.93. The summed E-state index contributed by atoms with van der Waals surface area (Å²) in [7, 11) is 0. The molecule has 1 aromatic carbocycles. The summed E-state index contributed by atoms with van der Waals surface area (Å²) in [6.45, 7) is 0.989. The first-order valence-corrected chi connectivity index (χ1v) is 6.34. The molecule has 1 aromatic rings. The summed E-state index contributed by atoms with van der Waals surface area (Å²) in [6, 6.07) is 8.25. The van der Waals surface area contributed by atoms with Gasteiger partial charge in [-0.05, 0) is 59.7 Å². The van der Waals surface area contributed by atoms with Crippen LogP contribution in [0.1, 0.15) is 18.4 Å². The molecule has 3 heteroatoms. The quantitative estimate of drug-likeness (QED) is 0.866. The number of carbonyl (C=O) groups is 1. The molecule has 0 radical (unpaired) electrons. The van der Waals surface area contributed by atoms with E-state index in [2.05, 4.69) is 34.0 Å². The lowest BCUT2D eigenvalue weighted by atomic mass is 10.0. The van der Waals surface area contributed by atoms with Gasteiger partial charge in [-0.1, -0.05) is 12.1 Å². The number of hydrogen-bond donors (Lipinski definition) is 1. The summed E-state index contributed by atoms with van der Waals surface area (Å²) in [5.41, 5.74) is 1.13. The van der Waals surface area contributed by atoms with Gasteiger partial charge in [0.25, 0.3) is 0 Å². The van der Waals surface area contributed by atoms with Gasteiger partial charge in [0.15, 0.2) is 5.78 Å². The Balaban J connectivity index is 1.99. The Labute approximate surface area is 104 Å². The van der Waals surface area contributed by atoms with Crippen molar-refractivity contribution in [1.29, 1.82) is 0 Å². The minimum Gasteiger partial charge on any atom is -0.307 e. The van der Waals surface area contributed by atoms with Gasteiger partial charge in [0.1, 0.15) is 0 Å². The molecule has 2 nitrogen and oxygen atoms in total. The number of hydrogen-bond acceptors (Lipinski definition) is 2. The number of Topliss-reactive ketones (excluding diaryl/α,β-unsaturated/α-hetero) is 1. The predicted molar refractivity (Wildman–Crippen MR) is 68.9 cm³/mol. The monoisotopic (exact) mass is 315 g/mol. The molecule has 0 saturated carbocycles. The van der Waals surface area contributed by atoms with Crippen molar-refractivity contribution in [3.8, 4) is 0 Å². The van der Waals surface area contributed by atoms with Crippen LogP contribution in [0.5, 0.6) is 0 Å². The van der Waals surface area contributed by atoms with Crippen molar-refractivity contribution in [2.24, 2.45) is 0 Å². The maximum atomic E-state index is 11.9. The van der Waals surface area contributed by atoms with E-state index < -0.39 is 0 Å². The number of halogens is 1. The maximum Gasteiger partial charge on any atom is 0.154 e. The van der Waals surface area contributed by atoms with E-state index in [4.69, 9.17) is 0 Å². The first-order chi connectivity index (χ1) is 7.25. The topological polar surface area (TPSA) is 29.1 Å². The second-order valence-corrected chi connectivity index (χ2v) is 5.17. The largest absolute Gasteiger partial charge is 0.307 e. The molecule has 1 fully saturated rings. The molecule has 2 rings (SSSR count). The van der Waals surface area contributed by atoms with Crippen molar-refractivity contribution in [2.75, 3.05) is 6.54 Å². The number of rotatable bonds is 3. The van der Waals surface area contributed by atoms with Crippen molar-refractivity contribution in [2.45, 2.75) is 25.3 Å². The number of nitrogens with one attached hydrogen (secondary N) is 1. The molecule has 1 N–H and O–H groups in total. The SMILES string of the molecule is O=C(Cc1cccc(I)c1)[C@@H]1CCCN1. The maximum absolute atomic E-state index is 11.9. The van der Waals surface area contributed by atoms with Gasteiger partial charge in [-0.15, -0.1) is 0 Å². The summed E-state index contributed by atoms with van der Waals surface area (Å²) in [6.07, 6.45) is 2.69. The molecule has 0 unspecified atom stereocenters. The fourth-order valence-corrected chi connectivity index (χ4v) is 2.54. The van der Waals surface area contributed by atoms with Crippen molar-refractivity contribution < 1.29 is 4.79 Å². The van der Waals surface area contributed by atoms with Crippen LogP contribution in [0.4, 0.5) is 0 Å². The van der Waals surface area contributed by atoms with Crippen LogP contribution in [0.3, 0.4) is 0 Å². The van der Waals surface area contributed by atoms with Gasteiger partial charge in [0, 0.05) is 9.99 Å². The van der Waals surface area contributed by atoms with Gasteiger partial charge < -0.3 is 5.32 Å². The van der Waals surface area contributed by atoms with E-state index in [9.17, 15) is 4.79 Å². The van der Waals surface area contributed by atoms with Crippen LogP contribution in [0.15, 0.2) is 24.3 Å². The van der Waals surface area contributed by atoms with E-state index >= 15 is 0 Å². The van der Waals surface area contributed by atoms with Crippen LogP contribution in [0.25, 0.3) is 0 Å². The van der Waals surface area contributed by atoms with Crippen molar-refractivity contribution in [1.82, 2.24) is 5.32 Å². The zero-order valence-corrected chi connectivity index (χ0v) is 10.7. The molecular formula is C12H14INO. The van der Waals surface area contributed by atoms with E-state index in [1.54, 1.807) is 0 Å². The molecule has 1 aliphatic rings. The molecule has 0 spiro atoms. The molecule has 1 atom stereocenters.